The summed E-state index contributed by atoms with van der Waals surface area (Å²) in [5, 5.41) is 5.46. The summed E-state index contributed by atoms with van der Waals surface area (Å²) in [7, 11) is 3.63. The van der Waals surface area contributed by atoms with Crippen molar-refractivity contribution in [3.63, 3.8) is 0 Å². The summed E-state index contributed by atoms with van der Waals surface area (Å²) < 4.78 is 9.77. The Labute approximate surface area is 175 Å². The van der Waals surface area contributed by atoms with Gasteiger partial charge in [0.2, 0.25) is 0 Å². The molecule has 5 nitrogen and oxygen atoms in total. The number of methoxy groups -OCH3 is 1. The highest BCUT2D eigenvalue weighted by Gasteiger charge is 2.30. The van der Waals surface area contributed by atoms with Gasteiger partial charge in [0, 0.05) is 25.2 Å². The third-order valence-corrected chi connectivity index (χ3v) is 5.89. The lowest BCUT2D eigenvalue weighted by molar-refractivity contribution is 0.186. The van der Waals surface area contributed by atoms with Gasteiger partial charge in [-0.05, 0) is 54.9 Å². The third-order valence-electron chi connectivity index (χ3n) is 5.08. The second-order valence-electron chi connectivity index (χ2n) is 7.11. The summed E-state index contributed by atoms with van der Waals surface area (Å²) in [6, 6.07) is 16.5. The summed E-state index contributed by atoms with van der Waals surface area (Å²) in [5.74, 6) is 1.66. The van der Waals surface area contributed by atoms with Crippen molar-refractivity contribution in [1.29, 1.82) is 0 Å². The first-order chi connectivity index (χ1) is 13.6. The molecule has 1 fully saturated rings. The van der Waals surface area contributed by atoms with Gasteiger partial charge in [-0.3, -0.25) is 4.90 Å². The van der Waals surface area contributed by atoms with Gasteiger partial charge in [0.15, 0.2) is 10.6 Å². The molecule has 2 aromatic carbocycles. The maximum atomic E-state index is 6.37. The van der Waals surface area contributed by atoms with Crippen LogP contribution in [-0.2, 0) is 20.3 Å². The van der Waals surface area contributed by atoms with Crippen molar-refractivity contribution in [3.05, 3.63) is 63.9 Å². The quantitative estimate of drug-likeness (QED) is 0.515. The van der Waals surface area contributed by atoms with Gasteiger partial charge in [-0.25, -0.2) is 4.68 Å². The number of benzene rings is 2. The van der Waals surface area contributed by atoms with Crippen LogP contribution in [-0.4, -0.2) is 32.4 Å². The van der Waals surface area contributed by atoms with Crippen LogP contribution in [0.5, 0.6) is 5.75 Å². The van der Waals surface area contributed by atoms with E-state index in [0.717, 1.165) is 23.7 Å². The van der Waals surface area contributed by atoms with Gasteiger partial charge in [-0.2, -0.15) is 5.10 Å². The number of halogens is 1. The summed E-state index contributed by atoms with van der Waals surface area (Å²) in [5.41, 5.74) is 2.14. The molecule has 0 aliphatic heterocycles. The molecule has 7 heteroatoms. The fourth-order valence-corrected chi connectivity index (χ4v) is 3.73. The Hall–Kier alpha value is -2.15. The zero-order valence-corrected chi connectivity index (χ0v) is 17.6. The molecule has 0 atom stereocenters. The van der Waals surface area contributed by atoms with Crippen LogP contribution in [0.25, 0.3) is 11.4 Å². The average molecular weight is 415 g/mol. The van der Waals surface area contributed by atoms with Gasteiger partial charge in [0.05, 0.1) is 18.8 Å². The molecular formula is C21H23ClN4OS. The molecule has 1 heterocycles. The highest BCUT2D eigenvalue weighted by atomic mass is 35.5. The fourth-order valence-electron chi connectivity index (χ4n) is 3.33. The van der Waals surface area contributed by atoms with Gasteiger partial charge in [0.1, 0.15) is 5.75 Å². The first-order valence-electron chi connectivity index (χ1n) is 9.32. The second kappa shape index (κ2) is 8.07. The Kier molecular flexibility index (Phi) is 5.53. The number of rotatable bonds is 7. The van der Waals surface area contributed by atoms with Gasteiger partial charge in [-0.15, -0.1) is 0 Å². The number of nitrogens with zero attached hydrogens (tertiary/aromatic N) is 4. The highest BCUT2D eigenvalue weighted by Crippen LogP contribution is 2.30. The number of ether oxygens (including phenoxy) is 1. The average Bonchev–Trinajstić information content (AvgIpc) is 3.52. The van der Waals surface area contributed by atoms with Crippen LogP contribution < -0.4 is 4.74 Å². The van der Waals surface area contributed by atoms with Gasteiger partial charge in [0.25, 0.3) is 0 Å². The van der Waals surface area contributed by atoms with Crippen molar-refractivity contribution in [2.75, 3.05) is 7.11 Å². The van der Waals surface area contributed by atoms with Crippen molar-refractivity contribution < 1.29 is 4.74 Å². The zero-order valence-electron chi connectivity index (χ0n) is 16.0. The molecule has 1 saturated carbocycles. The second-order valence-corrected chi connectivity index (χ2v) is 7.88. The van der Waals surface area contributed by atoms with Crippen LogP contribution in [0.4, 0.5) is 0 Å². The number of aromatic nitrogens is 3. The van der Waals surface area contributed by atoms with Crippen LogP contribution in [0.1, 0.15) is 18.4 Å². The SMILES string of the molecule is COc1ccc(CN(Cn2nc(-c3ccccc3Cl)n(C)c2=S)C2CC2)cc1. The first kappa shape index (κ1) is 19.2. The molecule has 146 valence electrons. The molecule has 0 amide bonds. The first-order valence-corrected chi connectivity index (χ1v) is 10.1. The predicted octanol–water partition coefficient (Wildman–Crippen LogP) is 4.90. The summed E-state index contributed by atoms with van der Waals surface area (Å²) in [4.78, 5) is 2.43. The smallest absolute Gasteiger partial charge is 0.199 e. The summed E-state index contributed by atoms with van der Waals surface area (Å²) in [6.07, 6.45) is 2.43. The van der Waals surface area contributed by atoms with E-state index in [0.29, 0.717) is 22.5 Å². The van der Waals surface area contributed by atoms with Gasteiger partial charge < -0.3 is 9.30 Å². The number of hydrogen-bond donors (Lipinski definition) is 0. The Bertz CT molecular complexity index is 1020. The molecule has 0 bridgehead atoms. The summed E-state index contributed by atoms with van der Waals surface area (Å²) in [6.45, 7) is 1.52. The zero-order chi connectivity index (χ0) is 19.7. The van der Waals surface area contributed by atoms with E-state index >= 15 is 0 Å². The lowest BCUT2D eigenvalue weighted by atomic mass is 10.2. The van der Waals surface area contributed by atoms with Crippen LogP contribution >= 0.6 is 23.8 Å². The topological polar surface area (TPSA) is 35.2 Å². The molecule has 3 aromatic rings. The van der Waals surface area contributed by atoms with E-state index in [2.05, 4.69) is 17.0 Å². The van der Waals surface area contributed by atoms with E-state index in [1.807, 2.05) is 52.7 Å². The van der Waals surface area contributed by atoms with Crippen molar-refractivity contribution in [3.8, 4) is 17.1 Å². The largest absolute Gasteiger partial charge is 0.497 e. The molecule has 28 heavy (non-hydrogen) atoms. The minimum atomic E-state index is 0.578. The third kappa shape index (κ3) is 3.99. The molecule has 0 saturated heterocycles. The standard InChI is InChI=1S/C21H23ClN4OS/c1-24-20(18-5-3-4-6-19(18)22)23-26(21(24)28)14-25(16-9-10-16)13-15-7-11-17(27-2)12-8-15/h3-8,11-12,16H,9-10,13-14H2,1-2H3. The van der Waals surface area contributed by atoms with E-state index in [1.54, 1.807) is 7.11 Å². The Morgan fingerprint density at radius 3 is 2.54 bits per heavy atom. The van der Waals surface area contributed by atoms with Crippen LogP contribution in [0.15, 0.2) is 48.5 Å². The van der Waals surface area contributed by atoms with Crippen LogP contribution in [0.3, 0.4) is 0 Å². The van der Waals surface area contributed by atoms with E-state index in [4.69, 9.17) is 33.7 Å². The molecule has 4 rings (SSSR count). The van der Waals surface area contributed by atoms with Gasteiger partial charge in [-0.1, -0.05) is 35.9 Å². The molecule has 0 N–H and O–H groups in total. The molecular weight excluding hydrogens is 392 g/mol. The lowest BCUT2D eigenvalue weighted by Gasteiger charge is -2.22. The Morgan fingerprint density at radius 2 is 1.89 bits per heavy atom. The normalized spacial score (nSPS) is 13.9. The van der Waals surface area contributed by atoms with E-state index < -0.39 is 0 Å². The molecule has 0 radical (unpaired) electrons. The monoisotopic (exact) mass is 414 g/mol. The van der Waals surface area contributed by atoms with Crippen LogP contribution in [0.2, 0.25) is 5.02 Å². The Balaban J connectivity index is 1.58. The molecule has 1 aromatic heterocycles. The fraction of sp³-hybridized carbons (Fsp3) is 0.333. The molecule has 0 unspecified atom stereocenters. The molecule has 0 spiro atoms. The molecule has 1 aliphatic carbocycles. The van der Waals surface area contributed by atoms with Crippen LogP contribution in [0, 0.1) is 4.77 Å². The van der Waals surface area contributed by atoms with Crippen molar-refractivity contribution in [1.82, 2.24) is 19.2 Å². The van der Waals surface area contributed by atoms with E-state index in [-0.39, 0.29) is 0 Å². The minimum Gasteiger partial charge on any atom is -0.497 e. The lowest BCUT2D eigenvalue weighted by Crippen LogP contribution is -2.29. The molecule has 1 aliphatic rings. The summed E-state index contributed by atoms with van der Waals surface area (Å²) >= 11 is 12.0. The highest BCUT2D eigenvalue weighted by molar-refractivity contribution is 7.71. The predicted molar refractivity (Wildman–Crippen MR) is 114 cm³/mol. The van der Waals surface area contributed by atoms with Crippen molar-refractivity contribution >= 4 is 23.8 Å². The van der Waals surface area contributed by atoms with Crippen molar-refractivity contribution in [2.24, 2.45) is 7.05 Å². The van der Waals surface area contributed by atoms with E-state index in [1.165, 1.54) is 18.4 Å². The Morgan fingerprint density at radius 1 is 1.18 bits per heavy atom. The minimum absolute atomic E-state index is 0.578. The number of hydrogen-bond acceptors (Lipinski definition) is 4. The van der Waals surface area contributed by atoms with Gasteiger partial charge >= 0.3 is 0 Å². The van der Waals surface area contributed by atoms with E-state index in [9.17, 15) is 0 Å². The maximum Gasteiger partial charge on any atom is 0.199 e. The van der Waals surface area contributed by atoms with Crippen molar-refractivity contribution in [2.45, 2.75) is 32.1 Å². The maximum absolute atomic E-state index is 6.37.